The second-order valence-electron chi connectivity index (χ2n) is 6.04. The largest absolute Gasteiger partial charge is 0.496 e. The van der Waals surface area contributed by atoms with E-state index in [0.29, 0.717) is 0 Å². The molecule has 104 valence electrons. The number of likely N-dealkylation sites (N-methyl/N-ethyl adjacent to an activating group) is 1. The molecule has 3 atom stereocenters. The zero-order chi connectivity index (χ0) is 13.2. The summed E-state index contributed by atoms with van der Waals surface area (Å²) in [5.74, 6) is 7.65. The molecule has 2 aliphatic rings. The highest BCUT2D eigenvalue weighted by Gasteiger charge is 2.46. The molecule has 0 bridgehead atoms. The van der Waals surface area contributed by atoms with E-state index in [9.17, 15) is 0 Å². The van der Waals surface area contributed by atoms with E-state index in [2.05, 4.69) is 37.4 Å². The van der Waals surface area contributed by atoms with E-state index in [-0.39, 0.29) is 11.6 Å². The molecule has 0 radical (unpaired) electrons. The Balaban J connectivity index is 2.26. The van der Waals surface area contributed by atoms with Crippen LogP contribution >= 0.6 is 0 Å². The van der Waals surface area contributed by atoms with Crippen LogP contribution in [0.25, 0.3) is 0 Å². The van der Waals surface area contributed by atoms with Crippen LogP contribution in [0, 0.1) is 5.92 Å². The lowest BCUT2D eigenvalue weighted by Gasteiger charge is -2.49. The number of hydrazine groups is 1. The minimum absolute atomic E-state index is 0.0859. The van der Waals surface area contributed by atoms with Gasteiger partial charge in [0.15, 0.2) is 0 Å². The molecular weight excluding hydrogens is 226 g/mol. The van der Waals surface area contributed by atoms with Crippen molar-refractivity contribution in [1.29, 1.82) is 0 Å². The van der Waals surface area contributed by atoms with Crippen LogP contribution in [-0.2, 0) is 4.74 Å². The van der Waals surface area contributed by atoms with Crippen molar-refractivity contribution in [2.24, 2.45) is 11.8 Å². The van der Waals surface area contributed by atoms with Crippen molar-refractivity contribution in [2.45, 2.75) is 50.6 Å². The summed E-state index contributed by atoms with van der Waals surface area (Å²) < 4.78 is 5.76. The number of nitrogens with one attached hydrogen (secondary N) is 1. The minimum atomic E-state index is 0.0859. The van der Waals surface area contributed by atoms with E-state index in [4.69, 9.17) is 10.6 Å². The maximum atomic E-state index is 5.85. The molecule has 0 amide bonds. The summed E-state index contributed by atoms with van der Waals surface area (Å²) in [5, 5.41) is 0. The summed E-state index contributed by atoms with van der Waals surface area (Å²) >= 11 is 0. The fourth-order valence-electron chi connectivity index (χ4n) is 3.63. The van der Waals surface area contributed by atoms with Gasteiger partial charge in [0.1, 0.15) is 5.76 Å². The summed E-state index contributed by atoms with van der Waals surface area (Å²) in [6.07, 6.45) is 8.15. The maximum Gasteiger partial charge on any atom is 0.112 e. The van der Waals surface area contributed by atoms with Gasteiger partial charge in [0.2, 0.25) is 0 Å². The molecule has 0 aromatic heterocycles. The third-order valence-corrected chi connectivity index (χ3v) is 4.62. The molecular formula is C14H27N3O. The van der Waals surface area contributed by atoms with Crippen LogP contribution in [-0.4, -0.2) is 37.2 Å². The summed E-state index contributed by atoms with van der Waals surface area (Å²) in [6.45, 7) is 3.14. The predicted octanol–water partition coefficient (Wildman–Crippen LogP) is 1.63. The highest BCUT2D eigenvalue weighted by atomic mass is 16.5. The van der Waals surface area contributed by atoms with Gasteiger partial charge in [0, 0.05) is 12.0 Å². The van der Waals surface area contributed by atoms with Crippen LogP contribution in [0.15, 0.2) is 11.8 Å². The molecule has 4 heteroatoms. The number of hydrogen-bond donors (Lipinski definition) is 2. The SMILES string of the molecule is CC1CCCC(C(NN)C2=CCCO2)(N(C)C)C1. The van der Waals surface area contributed by atoms with Gasteiger partial charge in [-0.05, 0) is 38.9 Å². The Kier molecular flexibility index (Phi) is 4.30. The van der Waals surface area contributed by atoms with Gasteiger partial charge in [-0.3, -0.25) is 5.84 Å². The highest BCUT2D eigenvalue weighted by molar-refractivity contribution is 5.17. The second-order valence-corrected chi connectivity index (χ2v) is 6.04. The fraction of sp³-hybridized carbons (Fsp3) is 0.857. The Morgan fingerprint density at radius 1 is 1.56 bits per heavy atom. The van der Waals surface area contributed by atoms with E-state index in [1.54, 1.807) is 0 Å². The Morgan fingerprint density at radius 2 is 2.33 bits per heavy atom. The number of nitrogens with two attached hydrogens (primary N) is 1. The molecule has 0 saturated heterocycles. The molecule has 1 aliphatic carbocycles. The molecule has 2 rings (SSSR count). The molecule has 18 heavy (non-hydrogen) atoms. The van der Waals surface area contributed by atoms with Gasteiger partial charge in [0.05, 0.1) is 12.6 Å². The standard InChI is InChI=1S/C14H27N3O/c1-11-6-4-8-14(10-11,17(2)3)13(16-15)12-7-5-9-18-12/h7,11,13,16H,4-6,8-10,15H2,1-3H3. The van der Waals surface area contributed by atoms with Crippen molar-refractivity contribution in [3.63, 3.8) is 0 Å². The Morgan fingerprint density at radius 3 is 2.83 bits per heavy atom. The number of hydrogen-bond acceptors (Lipinski definition) is 4. The quantitative estimate of drug-likeness (QED) is 0.590. The van der Waals surface area contributed by atoms with Crippen LogP contribution in [0.2, 0.25) is 0 Å². The van der Waals surface area contributed by atoms with Crippen LogP contribution in [0.5, 0.6) is 0 Å². The normalized spacial score (nSPS) is 34.3. The zero-order valence-corrected chi connectivity index (χ0v) is 11.9. The first kappa shape index (κ1) is 13.8. The third kappa shape index (κ3) is 2.42. The van der Waals surface area contributed by atoms with Crippen molar-refractivity contribution in [1.82, 2.24) is 10.3 Å². The van der Waals surface area contributed by atoms with E-state index >= 15 is 0 Å². The van der Waals surface area contributed by atoms with Crippen molar-refractivity contribution in [2.75, 3.05) is 20.7 Å². The molecule has 1 heterocycles. The zero-order valence-electron chi connectivity index (χ0n) is 11.9. The van der Waals surface area contributed by atoms with Gasteiger partial charge < -0.3 is 9.64 Å². The van der Waals surface area contributed by atoms with Crippen molar-refractivity contribution >= 4 is 0 Å². The van der Waals surface area contributed by atoms with Crippen molar-refractivity contribution in [3.05, 3.63) is 11.8 Å². The van der Waals surface area contributed by atoms with Gasteiger partial charge >= 0.3 is 0 Å². The average molecular weight is 253 g/mol. The minimum Gasteiger partial charge on any atom is -0.496 e. The third-order valence-electron chi connectivity index (χ3n) is 4.62. The van der Waals surface area contributed by atoms with Crippen molar-refractivity contribution in [3.8, 4) is 0 Å². The summed E-state index contributed by atoms with van der Waals surface area (Å²) in [5.41, 5.74) is 3.11. The second kappa shape index (κ2) is 5.59. The predicted molar refractivity (Wildman–Crippen MR) is 73.8 cm³/mol. The van der Waals surface area contributed by atoms with Gasteiger partial charge in [-0.2, -0.15) is 0 Å². The van der Waals surface area contributed by atoms with Crippen LogP contribution < -0.4 is 11.3 Å². The molecule has 3 N–H and O–H groups in total. The molecule has 1 aliphatic heterocycles. The average Bonchev–Trinajstić information content (AvgIpc) is 2.83. The lowest BCUT2D eigenvalue weighted by atomic mass is 9.71. The molecule has 0 aromatic carbocycles. The first-order valence-electron chi connectivity index (χ1n) is 7.06. The van der Waals surface area contributed by atoms with Crippen LogP contribution in [0.1, 0.15) is 39.0 Å². The van der Waals surface area contributed by atoms with Crippen molar-refractivity contribution < 1.29 is 4.74 Å². The number of rotatable bonds is 4. The topological polar surface area (TPSA) is 50.5 Å². The van der Waals surface area contributed by atoms with E-state index in [0.717, 1.165) is 24.7 Å². The van der Waals surface area contributed by atoms with E-state index < -0.39 is 0 Å². The maximum absolute atomic E-state index is 5.85. The Labute approximate surface area is 111 Å². The number of ether oxygens (including phenoxy) is 1. The molecule has 0 spiro atoms. The van der Waals surface area contributed by atoms with Gasteiger partial charge in [-0.1, -0.05) is 19.8 Å². The highest BCUT2D eigenvalue weighted by Crippen LogP contribution is 2.40. The molecule has 4 nitrogen and oxygen atoms in total. The first-order chi connectivity index (χ1) is 8.60. The molecule has 1 fully saturated rings. The summed E-state index contributed by atoms with van der Waals surface area (Å²) in [6, 6.07) is 0.109. The smallest absolute Gasteiger partial charge is 0.112 e. The van der Waals surface area contributed by atoms with Crippen LogP contribution in [0.3, 0.4) is 0 Å². The summed E-state index contributed by atoms with van der Waals surface area (Å²) in [7, 11) is 4.33. The van der Waals surface area contributed by atoms with Gasteiger partial charge in [-0.15, -0.1) is 0 Å². The molecule has 1 saturated carbocycles. The van der Waals surface area contributed by atoms with Crippen LogP contribution in [0.4, 0.5) is 0 Å². The fourth-order valence-corrected chi connectivity index (χ4v) is 3.63. The molecule has 0 aromatic rings. The summed E-state index contributed by atoms with van der Waals surface area (Å²) in [4.78, 5) is 2.34. The Hall–Kier alpha value is -0.580. The van der Waals surface area contributed by atoms with E-state index in [1.165, 1.54) is 25.7 Å². The lowest BCUT2D eigenvalue weighted by Crippen LogP contribution is -2.63. The van der Waals surface area contributed by atoms with E-state index in [1.807, 2.05) is 0 Å². The van der Waals surface area contributed by atoms with Gasteiger partial charge in [-0.25, -0.2) is 5.43 Å². The number of nitrogens with zero attached hydrogens (tertiary/aromatic N) is 1. The molecule has 3 unspecified atom stereocenters. The lowest BCUT2D eigenvalue weighted by molar-refractivity contribution is 0.0294. The Bertz CT molecular complexity index is 316. The first-order valence-corrected chi connectivity index (χ1v) is 7.06. The van der Waals surface area contributed by atoms with Gasteiger partial charge in [0.25, 0.3) is 0 Å². The monoisotopic (exact) mass is 253 g/mol.